The average Bonchev–Trinajstić information content (AvgIpc) is 3.18. The number of carbonyl (C=O) groups excluding carboxylic acids is 1. The normalized spacial score (nSPS) is 10.7. The van der Waals surface area contributed by atoms with Gasteiger partial charge < -0.3 is 4.57 Å². The van der Waals surface area contributed by atoms with Crippen LogP contribution in [0.15, 0.2) is 53.7 Å². The summed E-state index contributed by atoms with van der Waals surface area (Å²) in [6.07, 6.45) is 4.54. The number of Topliss-reactive ketones (excluding diaryl/α,β-unsaturated/α-hetero) is 1. The first-order valence-corrected chi connectivity index (χ1v) is 11.3. The molecular weight excluding hydrogens is 416 g/mol. The Morgan fingerprint density at radius 2 is 1.80 bits per heavy atom. The van der Waals surface area contributed by atoms with Crippen molar-refractivity contribution in [3.63, 3.8) is 0 Å². The highest BCUT2D eigenvalue weighted by atomic mass is 35.5. The Bertz CT molecular complexity index is 1020. The van der Waals surface area contributed by atoms with Crippen LogP contribution in [0, 0.1) is 11.3 Å². The number of carbonyl (C=O) groups is 1. The number of unbranched alkanes of at least 4 members (excludes halogenated alkanes) is 3. The second kappa shape index (κ2) is 11.0. The van der Waals surface area contributed by atoms with Crippen LogP contribution >= 0.6 is 23.4 Å². The lowest BCUT2D eigenvalue weighted by molar-refractivity contribution is 0.102. The molecule has 0 amide bonds. The maximum Gasteiger partial charge on any atom is 0.191 e. The van der Waals surface area contributed by atoms with Gasteiger partial charge in [0.15, 0.2) is 16.8 Å². The fourth-order valence-corrected chi connectivity index (χ4v) is 4.04. The molecule has 0 N–H and O–H groups in total. The third-order valence-electron chi connectivity index (χ3n) is 4.72. The zero-order chi connectivity index (χ0) is 21.3. The van der Waals surface area contributed by atoms with Gasteiger partial charge in [0.25, 0.3) is 0 Å². The number of benzene rings is 2. The van der Waals surface area contributed by atoms with Crippen LogP contribution in [0.1, 0.15) is 48.5 Å². The van der Waals surface area contributed by atoms with Gasteiger partial charge in [0.2, 0.25) is 0 Å². The summed E-state index contributed by atoms with van der Waals surface area (Å²) in [5.41, 5.74) is 2.08. The minimum Gasteiger partial charge on any atom is -0.302 e. The molecule has 0 spiro atoms. The van der Waals surface area contributed by atoms with Crippen LogP contribution in [-0.4, -0.2) is 26.3 Å². The molecular formula is C23H23ClN4OS. The van der Waals surface area contributed by atoms with Gasteiger partial charge in [-0.3, -0.25) is 4.79 Å². The summed E-state index contributed by atoms with van der Waals surface area (Å²) in [7, 11) is 0. The van der Waals surface area contributed by atoms with Crippen molar-refractivity contribution in [1.82, 2.24) is 14.8 Å². The van der Waals surface area contributed by atoms with Crippen LogP contribution in [0.2, 0.25) is 5.02 Å². The van der Waals surface area contributed by atoms with E-state index < -0.39 is 0 Å². The van der Waals surface area contributed by atoms with Crippen molar-refractivity contribution in [1.29, 1.82) is 5.26 Å². The Hall–Kier alpha value is -2.62. The number of thioether (sulfide) groups is 1. The van der Waals surface area contributed by atoms with E-state index in [0.29, 0.717) is 16.1 Å². The Kier molecular flexibility index (Phi) is 8.06. The number of nitrogens with zero attached hydrogens (tertiary/aromatic N) is 4. The van der Waals surface area contributed by atoms with E-state index in [1.807, 2.05) is 24.3 Å². The standard InChI is InChI=1S/C23H23ClN4OS/c1-2-3-4-5-14-28-22(19-10-12-20(24)13-11-19)26-27-23(28)30-16-21(29)18-8-6-17(15-25)7-9-18/h6-13H,2-5,14,16H2,1H3. The van der Waals surface area contributed by atoms with E-state index in [2.05, 4.69) is 27.8 Å². The molecule has 0 aliphatic rings. The summed E-state index contributed by atoms with van der Waals surface area (Å²) in [5.74, 6) is 1.05. The molecule has 0 atom stereocenters. The first-order valence-electron chi connectivity index (χ1n) is 9.97. The van der Waals surface area contributed by atoms with Crippen molar-refractivity contribution < 1.29 is 4.79 Å². The maximum atomic E-state index is 12.6. The summed E-state index contributed by atoms with van der Waals surface area (Å²) in [5, 5.41) is 19.1. The third-order valence-corrected chi connectivity index (χ3v) is 5.94. The van der Waals surface area contributed by atoms with E-state index in [9.17, 15) is 4.79 Å². The average molecular weight is 439 g/mol. The highest BCUT2D eigenvalue weighted by Crippen LogP contribution is 2.26. The maximum absolute atomic E-state index is 12.6. The van der Waals surface area contributed by atoms with Gasteiger partial charge in [0, 0.05) is 22.7 Å². The summed E-state index contributed by atoms with van der Waals surface area (Å²) >= 11 is 7.41. The first-order chi connectivity index (χ1) is 14.6. The van der Waals surface area contributed by atoms with E-state index in [1.165, 1.54) is 24.6 Å². The van der Waals surface area contributed by atoms with Crippen molar-refractivity contribution in [2.45, 2.75) is 44.3 Å². The molecule has 0 unspecified atom stereocenters. The van der Waals surface area contributed by atoms with E-state index in [-0.39, 0.29) is 11.5 Å². The van der Waals surface area contributed by atoms with Gasteiger partial charge >= 0.3 is 0 Å². The number of rotatable bonds is 10. The lowest BCUT2D eigenvalue weighted by Gasteiger charge is -2.10. The van der Waals surface area contributed by atoms with Gasteiger partial charge in [0.05, 0.1) is 17.4 Å². The molecule has 5 nitrogen and oxygen atoms in total. The molecule has 0 bridgehead atoms. The van der Waals surface area contributed by atoms with E-state index >= 15 is 0 Å². The largest absolute Gasteiger partial charge is 0.302 e. The Labute approximate surface area is 186 Å². The number of ketones is 1. The smallest absolute Gasteiger partial charge is 0.191 e. The molecule has 2 aromatic carbocycles. The van der Waals surface area contributed by atoms with Crippen LogP contribution in [0.3, 0.4) is 0 Å². The zero-order valence-electron chi connectivity index (χ0n) is 16.8. The molecule has 7 heteroatoms. The Balaban J connectivity index is 1.76. The van der Waals surface area contributed by atoms with Crippen molar-refractivity contribution in [3.05, 3.63) is 64.7 Å². The summed E-state index contributed by atoms with van der Waals surface area (Å²) in [6, 6.07) is 16.3. The SMILES string of the molecule is CCCCCCn1c(SCC(=O)c2ccc(C#N)cc2)nnc1-c1ccc(Cl)cc1. The van der Waals surface area contributed by atoms with Gasteiger partial charge in [-0.15, -0.1) is 10.2 Å². The van der Waals surface area contributed by atoms with Crippen LogP contribution in [0.4, 0.5) is 0 Å². The zero-order valence-corrected chi connectivity index (χ0v) is 18.4. The number of nitriles is 1. The number of aromatic nitrogens is 3. The first kappa shape index (κ1) is 22.1. The van der Waals surface area contributed by atoms with Gasteiger partial charge in [-0.05, 0) is 42.8 Å². The van der Waals surface area contributed by atoms with Crippen LogP contribution in [-0.2, 0) is 6.54 Å². The lowest BCUT2D eigenvalue weighted by atomic mass is 10.1. The summed E-state index contributed by atoms with van der Waals surface area (Å²) < 4.78 is 2.09. The molecule has 0 fully saturated rings. The molecule has 0 aliphatic heterocycles. The van der Waals surface area contributed by atoms with E-state index in [0.717, 1.165) is 35.9 Å². The summed E-state index contributed by atoms with van der Waals surface area (Å²) in [6.45, 7) is 2.99. The fraction of sp³-hybridized carbons (Fsp3) is 0.304. The number of hydrogen-bond donors (Lipinski definition) is 0. The molecule has 1 aromatic heterocycles. The van der Waals surface area contributed by atoms with E-state index in [1.54, 1.807) is 24.3 Å². The minimum atomic E-state index is -0.00179. The molecule has 3 aromatic rings. The van der Waals surface area contributed by atoms with Crippen molar-refractivity contribution >= 4 is 29.1 Å². The summed E-state index contributed by atoms with van der Waals surface area (Å²) in [4.78, 5) is 12.6. The second-order valence-electron chi connectivity index (χ2n) is 6.93. The van der Waals surface area contributed by atoms with Crippen molar-refractivity contribution in [3.8, 4) is 17.5 Å². The monoisotopic (exact) mass is 438 g/mol. The quantitative estimate of drug-likeness (QED) is 0.219. The molecule has 154 valence electrons. The number of halogens is 1. The Morgan fingerprint density at radius 1 is 1.07 bits per heavy atom. The van der Waals surface area contributed by atoms with E-state index in [4.69, 9.17) is 16.9 Å². The topological polar surface area (TPSA) is 71.6 Å². The molecule has 1 heterocycles. The molecule has 3 rings (SSSR count). The van der Waals surface area contributed by atoms with Gasteiger partial charge in [-0.2, -0.15) is 5.26 Å². The molecule has 0 saturated heterocycles. The lowest BCUT2D eigenvalue weighted by Crippen LogP contribution is -2.06. The van der Waals surface area contributed by atoms with Gasteiger partial charge in [0.1, 0.15) is 0 Å². The third kappa shape index (κ3) is 5.71. The van der Waals surface area contributed by atoms with Crippen LogP contribution in [0.25, 0.3) is 11.4 Å². The second-order valence-corrected chi connectivity index (χ2v) is 8.31. The van der Waals surface area contributed by atoms with Crippen molar-refractivity contribution in [2.75, 3.05) is 5.75 Å². The fourth-order valence-electron chi connectivity index (χ4n) is 3.05. The van der Waals surface area contributed by atoms with Crippen LogP contribution in [0.5, 0.6) is 0 Å². The molecule has 0 radical (unpaired) electrons. The van der Waals surface area contributed by atoms with Gasteiger partial charge in [-0.25, -0.2) is 0 Å². The number of hydrogen-bond acceptors (Lipinski definition) is 5. The predicted molar refractivity (Wildman–Crippen MR) is 121 cm³/mol. The van der Waals surface area contributed by atoms with Crippen molar-refractivity contribution in [2.24, 2.45) is 0 Å². The highest BCUT2D eigenvalue weighted by molar-refractivity contribution is 7.99. The van der Waals surface area contributed by atoms with Gasteiger partial charge in [-0.1, -0.05) is 61.7 Å². The van der Waals surface area contributed by atoms with Crippen LogP contribution < -0.4 is 0 Å². The minimum absolute atomic E-state index is 0.00179. The molecule has 0 saturated carbocycles. The molecule has 0 aliphatic carbocycles. The highest BCUT2D eigenvalue weighted by Gasteiger charge is 2.16. The molecule has 30 heavy (non-hydrogen) atoms. The Morgan fingerprint density at radius 3 is 2.47 bits per heavy atom. The predicted octanol–water partition coefficient (Wildman–Crippen LogP) is 6.03.